The third-order valence-corrected chi connectivity index (χ3v) is 9.72. The van der Waals surface area contributed by atoms with E-state index in [1.807, 2.05) is 27.7 Å². The van der Waals surface area contributed by atoms with Crippen LogP contribution in [0.5, 0.6) is 0 Å². The van der Waals surface area contributed by atoms with Gasteiger partial charge in [0.2, 0.25) is 22.9 Å². The first-order valence-electron chi connectivity index (χ1n) is 17.8. The fourth-order valence-electron chi connectivity index (χ4n) is 5.47. The van der Waals surface area contributed by atoms with Crippen LogP contribution in [-0.4, -0.2) is 67.2 Å². The summed E-state index contributed by atoms with van der Waals surface area (Å²) in [7, 11) is 3.26. The van der Waals surface area contributed by atoms with Crippen LogP contribution in [0.15, 0.2) is 82.6 Å². The van der Waals surface area contributed by atoms with Gasteiger partial charge in [-0.3, -0.25) is 19.2 Å². The zero-order chi connectivity index (χ0) is 40.5. The highest BCUT2D eigenvalue weighted by Crippen LogP contribution is 2.26. The number of pyridine rings is 2. The number of nitrogens with zero attached hydrogens (tertiary/aromatic N) is 4. The van der Waals surface area contributed by atoms with Gasteiger partial charge in [0.1, 0.15) is 0 Å². The number of carbonyl (C=O) groups excluding carboxylic acids is 2. The highest BCUT2D eigenvalue weighted by atomic mass is 35.5. The molecule has 2 N–H and O–H groups in total. The molecule has 0 saturated carbocycles. The Bertz CT molecular complexity index is 1950. The Morgan fingerprint density at radius 3 is 1.59 bits per heavy atom. The minimum absolute atomic E-state index is 0.103. The summed E-state index contributed by atoms with van der Waals surface area (Å²) in [4.78, 5) is 51.9. The lowest BCUT2D eigenvalue weighted by Gasteiger charge is -2.31. The van der Waals surface area contributed by atoms with Crippen molar-refractivity contribution in [2.45, 2.75) is 65.5 Å². The van der Waals surface area contributed by atoms with E-state index in [0.29, 0.717) is 44.3 Å². The van der Waals surface area contributed by atoms with E-state index in [1.54, 1.807) is 84.8 Å². The van der Waals surface area contributed by atoms with E-state index in [2.05, 4.69) is 0 Å². The Kier molecular flexibility index (Phi) is 20.1. The molecule has 0 radical (unpaired) electrons. The summed E-state index contributed by atoms with van der Waals surface area (Å²) in [5, 5.41) is 22.1. The van der Waals surface area contributed by atoms with Crippen molar-refractivity contribution in [2.24, 2.45) is 14.1 Å². The first kappa shape index (κ1) is 46.5. The van der Waals surface area contributed by atoms with E-state index in [1.165, 1.54) is 21.3 Å². The number of aliphatic hydroxyl groups is 2. The molecule has 2 aromatic heterocycles. The van der Waals surface area contributed by atoms with Gasteiger partial charge < -0.3 is 29.1 Å². The van der Waals surface area contributed by atoms with Crippen LogP contribution in [0.3, 0.4) is 0 Å². The normalized spacial score (nSPS) is 11.7. The molecule has 0 aliphatic carbocycles. The molecule has 0 spiro atoms. The molecule has 294 valence electrons. The molecule has 0 aliphatic rings. The van der Waals surface area contributed by atoms with Crippen LogP contribution in [0, 0.1) is 0 Å². The quantitative estimate of drug-likeness (QED) is 0.136. The van der Waals surface area contributed by atoms with Crippen LogP contribution < -0.4 is 11.1 Å². The van der Waals surface area contributed by atoms with Gasteiger partial charge in [-0.1, -0.05) is 86.2 Å². The van der Waals surface area contributed by atoms with Crippen LogP contribution in [0.4, 0.5) is 0 Å². The Balaban J connectivity index is 0.000000357. The summed E-state index contributed by atoms with van der Waals surface area (Å²) in [6, 6.07) is 15.8. The molecule has 0 bridgehead atoms. The number of carbonyl (C=O) groups is 2. The highest BCUT2D eigenvalue weighted by Gasteiger charge is 2.25. The molecule has 14 heteroatoms. The molecule has 2 heterocycles. The van der Waals surface area contributed by atoms with Gasteiger partial charge in [0, 0.05) is 51.7 Å². The van der Waals surface area contributed by atoms with E-state index in [-0.39, 0.29) is 48.9 Å². The van der Waals surface area contributed by atoms with Crippen LogP contribution in [0.2, 0.25) is 20.1 Å². The lowest BCUT2D eigenvalue weighted by Crippen LogP contribution is -2.38. The molecular formula is C40H50Cl4N4O6. The summed E-state index contributed by atoms with van der Waals surface area (Å²) in [5.74, 6) is -0.229. The van der Waals surface area contributed by atoms with Crippen molar-refractivity contribution in [3.8, 4) is 0 Å². The van der Waals surface area contributed by atoms with Crippen molar-refractivity contribution in [2.75, 3.05) is 26.2 Å². The van der Waals surface area contributed by atoms with Gasteiger partial charge in [-0.25, -0.2) is 0 Å². The number of halogens is 4. The maximum absolute atomic E-state index is 12.9. The van der Waals surface area contributed by atoms with E-state index in [9.17, 15) is 29.4 Å². The van der Waals surface area contributed by atoms with Crippen molar-refractivity contribution < 1.29 is 19.8 Å². The number of aromatic nitrogens is 2. The summed E-state index contributed by atoms with van der Waals surface area (Å²) < 4.78 is 2.84. The third-order valence-electron chi connectivity index (χ3n) is 8.24. The molecule has 0 saturated heterocycles. The van der Waals surface area contributed by atoms with Crippen LogP contribution >= 0.6 is 46.4 Å². The second-order valence-corrected chi connectivity index (χ2v) is 13.9. The topological polar surface area (TPSA) is 125 Å². The van der Waals surface area contributed by atoms with Crippen LogP contribution in [-0.2, 0) is 36.5 Å². The highest BCUT2D eigenvalue weighted by molar-refractivity contribution is 6.42. The minimum Gasteiger partial charge on any atom is -0.394 e. The van der Waals surface area contributed by atoms with Gasteiger partial charge in [0.15, 0.2) is 0 Å². The summed E-state index contributed by atoms with van der Waals surface area (Å²) in [6.45, 7) is 8.89. The molecule has 10 nitrogen and oxygen atoms in total. The number of benzene rings is 2. The molecule has 2 atom stereocenters. The van der Waals surface area contributed by atoms with Gasteiger partial charge in [-0.15, -0.1) is 0 Å². The van der Waals surface area contributed by atoms with Crippen molar-refractivity contribution in [3.05, 3.63) is 136 Å². The molecule has 54 heavy (non-hydrogen) atoms. The van der Waals surface area contributed by atoms with Crippen molar-refractivity contribution in [3.63, 3.8) is 0 Å². The molecule has 4 rings (SSSR count). The van der Waals surface area contributed by atoms with Crippen molar-refractivity contribution in [1.82, 2.24) is 18.9 Å². The first-order valence-corrected chi connectivity index (χ1v) is 19.3. The van der Waals surface area contributed by atoms with Gasteiger partial charge in [0.05, 0.1) is 58.2 Å². The maximum Gasteiger partial charge on any atom is 0.250 e. The van der Waals surface area contributed by atoms with E-state index in [4.69, 9.17) is 46.4 Å². The number of hydrogen-bond acceptors (Lipinski definition) is 6. The minimum atomic E-state index is -0.869. The largest absolute Gasteiger partial charge is 0.394 e. The summed E-state index contributed by atoms with van der Waals surface area (Å²) in [5.41, 5.74) is 2.53. The predicted molar refractivity (Wildman–Crippen MR) is 219 cm³/mol. The molecule has 0 aliphatic heterocycles. The average molecular weight is 825 g/mol. The second kappa shape index (κ2) is 23.3. The lowest BCUT2D eigenvalue weighted by molar-refractivity contribution is -0.134. The summed E-state index contributed by atoms with van der Waals surface area (Å²) >= 11 is 23.9. The fourth-order valence-corrected chi connectivity index (χ4v) is 6.11. The Hall–Kier alpha value is -3.64. The second-order valence-electron chi connectivity index (χ2n) is 12.3. The molecule has 0 fully saturated rings. The molecular weight excluding hydrogens is 774 g/mol. The van der Waals surface area contributed by atoms with Crippen molar-refractivity contribution >= 4 is 58.2 Å². The number of rotatable bonds is 14. The average Bonchev–Trinajstić information content (AvgIpc) is 3.14. The summed E-state index contributed by atoms with van der Waals surface area (Å²) in [6.07, 6.45) is 4.21. The number of hydrogen-bond donors (Lipinski definition) is 2. The number of aliphatic hydroxyl groups excluding tert-OH is 2. The zero-order valence-electron chi connectivity index (χ0n) is 31.6. The first-order chi connectivity index (χ1) is 25.7. The molecule has 2 amide bonds. The SMILES string of the molecule is CC.CCCN(C(=O)Cc1ccc(Cl)c(Cl)c1)C(CO)c1ccc(=O)n(C)c1.CCCN(CC(O)c1ccc(=O)n(C)c1)C(=O)Cc1ccc(Cl)c(Cl)c1. The zero-order valence-corrected chi connectivity index (χ0v) is 34.6. The standard InChI is InChI=1S/2C19H22Cl2N2O3.C2H6/c1-3-8-23(17(12-24)14-5-7-18(25)22(2)11-14)19(26)10-13-4-6-15(20)16(21)9-13;1-3-8-23(12-17(24)14-5-7-18(25)22(2)11-14)19(26)10-13-4-6-15(20)16(21)9-13;1-2/h2*4-7,9,11,17,24H,3,8,10,12H2,1-2H3;1-2H3. The number of amides is 2. The molecule has 4 aromatic rings. The van der Waals surface area contributed by atoms with Crippen molar-refractivity contribution in [1.29, 1.82) is 0 Å². The van der Waals surface area contributed by atoms with Crippen LogP contribution in [0.1, 0.15) is 74.9 Å². The Morgan fingerprint density at radius 1 is 0.685 bits per heavy atom. The maximum atomic E-state index is 12.9. The Labute approximate surface area is 337 Å². The smallest absolute Gasteiger partial charge is 0.250 e. The van der Waals surface area contributed by atoms with Gasteiger partial charge in [0.25, 0.3) is 0 Å². The Morgan fingerprint density at radius 2 is 1.15 bits per heavy atom. The third kappa shape index (κ3) is 13.9. The van der Waals surface area contributed by atoms with Gasteiger partial charge in [-0.2, -0.15) is 0 Å². The van der Waals surface area contributed by atoms with E-state index in [0.717, 1.165) is 24.0 Å². The van der Waals surface area contributed by atoms with Gasteiger partial charge >= 0.3 is 0 Å². The molecule has 2 unspecified atom stereocenters. The van der Waals surface area contributed by atoms with Crippen LogP contribution in [0.25, 0.3) is 0 Å². The molecule has 2 aromatic carbocycles. The lowest BCUT2D eigenvalue weighted by atomic mass is 10.1. The number of aryl methyl sites for hydroxylation is 2. The fraction of sp³-hybridized carbons (Fsp3) is 0.400. The van der Waals surface area contributed by atoms with E-state index < -0.39 is 12.1 Å². The predicted octanol–water partition coefficient (Wildman–Crippen LogP) is 7.44. The monoisotopic (exact) mass is 822 g/mol. The van der Waals surface area contributed by atoms with Gasteiger partial charge in [-0.05, 0) is 71.5 Å². The van der Waals surface area contributed by atoms with E-state index >= 15 is 0 Å².